The highest BCUT2D eigenvalue weighted by molar-refractivity contribution is 9.10. The molecule has 1 heterocycles. The van der Waals surface area contributed by atoms with Crippen molar-refractivity contribution >= 4 is 27.7 Å². The lowest BCUT2D eigenvalue weighted by molar-refractivity contribution is 0.845. The molecular formula is C9H9BrS. The van der Waals surface area contributed by atoms with Crippen molar-refractivity contribution in [3.63, 3.8) is 0 Å². The van der Waals surface area contributed by atoms with Gasteiger partial charge in [-0.1, -0.05) is 34.1 Å². The fourth-order valence-electron chi connectivity index (χ4n) is 1.22. The molecule has 0 spiro atoms. The minimum atomic E-state index is 0.755. The Bertz CT molecular complexity index is 255. The first-order valence-electron chi connectivity index (χ1n) is 3.74. The lowest BCUT2D eigenvalue weighted by Crippen LogP contribution is -2.06. The minimum absolute atomic E-state index is 0.755. The summed E-state index contributed by atoms with van der Waals surface area (Å²) < 4.78 is 1.26. The molecule has 0 amide bonds. The summed E-state index contributed by atoms with van der Waals surface area (Å²) in [4.78, 5) is 0. The Morgan fingerprint density at radius 2 is 2.09 bits per heavy atom. The Kier molecular flexibility index (Phi) is 2.23. The van der Waals surface area contributed by atoms with E-state index in [1.165, 1.54) is 22.2 Å². The summed E-state index contributed by atoms with van der Waals surface area (Å²) in [6.45, 7) is 0. The molecule has 1 fully saturated rings. The summed E-state index contributed by atoms with van der Waals surface area (Å²) in [5.74, 6) is 1.33. The maximum atomic E-state index is 3.56. The summed E-state index contributed by atoms with van der Waals surface area (Å²) in [6, 6.07) is 8.50. The van der Waals surface area contributed by atoms with Crippen molar-refractivity contribution in [2.45, 2.75) is 11.7 Å². The van der Waals surface area contributed by atoms with Crippen LogP contribution in [0.25, 0.3) is 0 Å². The quantitative estimate of drug-likeness (QED) is 0.708. The smallest absolute Gasteiger partial charge is 0.0316 e. The van der Waals surface area contributed by atoms with Gasteiger partial charge in [-0.05, 0) is 23.8 Å². The normalized spacial score (nSPS) is 22.8. The van der Waals surface area contributed by atoms with Gasteiger partial charge < -0.3 is 0 Å². The Labute approximate surface area is 79.5 Å². The average Bonchev–Trinajstić information content (AvgIpc) is 1.90. The van der Waals surface area contributed by atoms with Crippen molar-refractivity contribution in [1.82, 2.24) is 0 Å². The predicted molar refractivity (Wildman–Crippen MR) is 54.0 cm³/mol. The van der Waals surface area contributed by atoms with Crippen molar-refractivity contribution in [2.24, 2.45) is 0 Å². The van der Waals surface area contributed by atoms with E-state index in [-0.39, 0.29) is 0 Å². The Hall–Kier alpha value is 0.0500. The number of hydrogen-bond donors (Lipinski definition) is 0. The summed E-state index contributed by atoms with van der Waals surface area (Å²) in [5.41, 5.74) is 1.46. The van der Waals surface area contributed by atoms with Crippen LogP contribution in [-0.4, -0.2) is 5.75 Å². The standard InChI is InChI=1S/C9H9BrS/c10-8-4-2-1-3-7(8)9-5-6-11-9/h1-4,9H,5-6H2. The topological polar surface area (TPSA) is 0 Å². The van der Waals surface area contributed by atoms with Crippen molar-refractivity contribution in [3.8, 4) is 0 Å². The monoisotopic (exact) mass is 228 g/mol. The number of benzene rings is 1. The molecule has 0 saturated carbocycles. The van der Waals surface area contributed by atoms with Gasteiger partial charge in [-0.2, -0.15) is 11.8 Å². The second kappa shape index (κ2) is 3.20. The Morgan fingerprint density at radius 3 is 2.64 bits per heavy atom. The van der Waals surface area contributed by atoms with Gasteiger partial charge in [0.15, 0.2) is 0 Å². The molecule has 0 N–H and O–H groups in total. The Balaban J connectivity index is 2.28. The third-order valence-corrected chi connectivity index (χ3v) is 4.04. The van der Waals surface area contributed by atoms with Crippen molar-refractivity contribution < 1.29 is 0 Å². The second-order valence-electron chi connectivity index (χ2n) is 2.67. The first-order valence-corrected chi connectivity index (χ1v) is 5.58. The third kappa shape index (κ3) is 1.47. The van der Waals surface area contributed by atoms with Gasteiger partial charge in [0, 0.05) is 9.72 Å². The van der Waals surface area contributed by atoms with Crippen LogP contribution in [0.4, 0.5) is 0 Å². The van der Waals surface area contributed by atoms with Crippen LogP contribution in [0.1, 0.15) is 17.2 Å². The molecule has 1 aromatic rings. The Morgan fingerprint density at radius 1 is 1.36 bits per heavy atom. The van der Waals surface area contributed by atoms with Crippen LogP contribution in [-0.2, 0) is 0 Å². The van der Waals surface area contributed by atoms with Crippen LogP contribution in [0.5, 0.6) is 0 Å². The van der Waals surface area contributed by atoms with Gasteiger partial charge in [0.1, 0.15) is 0 Å². The number of hydrogen-bond acceptors (Lipinski definition) is 1. The van der Waals surface area contributed by atoms with Crippen LogP contribution in [0.3, 0.4) is 0 Å². The van der Waals surface area contributed by atoms with Gasteiger partial charge in [0.25, 0.3) is 0 Å². The number of thioether (sulfide) groups is 1. The summed E-state index contributed by atoms with van der Waals surface area (Å²) in [5, 5.41) is 0.755. The van der Waals surface area contributed by atoms with Crippen LogP contribution >= 0.6 is 27.7 Å². The van der Waals surface area contributed by atoms with E-state index in [1.54, 1.807) is 0 Å². The van der Waals surface area contributed by atoms with E-state index in [0.29, 0.717) is 0 Å². The predicted octanol–water partition coefficient (Wildman–Crippen LogP) is 3.63. The molecule has 1 saturated heterocycles. The molecule has 2 rings (SSSR count). The number of halogens is 1. The summed E-state index contributed by atoms with van der Waals surface area (Å²) >= 11 is 5.60. The van der Waals surface area contributed by atoms with Crippen molar-refractivity contribution in [1.29, 1.82) is 0 Å². The zero-order valence-corrected chi connectivity index (χ0v) is 8.49. The first-order chi connectivity index (χ1) is 5.38. The lowest BCUT2D eigenvalue weighted by Gasteiger charge is -2.26. The van der Waals surface area contributed by atoms with Gasteiger partial charge in [-0.15, -0.1) is 0 Å². The second-order valence-corrected chi connectivity index (χ2v) is 4.83. The summed E-state index contributed by atoms with van der Waals surface area (Å²) in [7, 11) is 0. The van der Waals surface area contributed by atoms with Crippen LogP contribution in [0, 0.1) is 0 Å². The maximum Gasteiger partial charge on any atom is 0.0316 e. The van der Waals surface area contributed by atoms with E-state index in [2.05, 4.69) is 40.2 Å². The largest absolute Gasteiger partial charge is 0.154 e. The fraction of sp³-hybridized carbons (Fsp3) is 0.333. The van der Waals surface area contributed by atoms with E-state index in [0.717, 1.165) is 5.25 Å². The lowest BCUT2D eigenvalue weighted by atomic mass is 10.1. The molecule has 1 unspecified atom stereocenters. The van der Waals surface area contributed by atoms with E-state index < -0.39 is 0 Å². The molecule has 0 radical (unpaired) electrons. The fourth-order valence-corrected chi connectivity index (χ4v) is 2.79. The van der Waals surface area contributed by atoms with Crippen molar-refractivity contribution in [2.75, 3.05) is 5.75 Å². The molecule has 0 aliphatic carbocycles. The van der Waals surface area contributed by atoms with Gasteiger partial charge in [-0.3, -0.25) is 0 Å². The van der Waals surface area contributed by atoms with E-state index in [9.17, 15) is 0 Å². The summed E-state index contributed by atoms with van der Waals surface area (Å²) in [6.07, 6.45) is 1.34. The molecular weight excluding hydrogens is 220 g/mol. The first kappa shape index (κ1) is 7.69. The molecule has 1 atom stereocenters. The van der Waals surface area contributed by atoms with Crippen LogP contribution in [0.15, 0.2) is 28.7 Å². The van der Waals surface area contributed by atoms with Gasteiger partial charge >= 0.3 is 0 Å². The molecule has 0 aromatic heterocycles. The highest BCUT2D eigenvalue weighted by atomic mass is 79.9. The van der Waals surface area contributed by atoms with Crippen LogP contribution in [0.2, 0.25) is 0 Å². The molecule has 0 nitrogen and oxygen atoms in total. The molecule has 1 aliphatic heterocycles. The zero-order valence-electron chi connectivity index (χ0n) is 6.09. The molecule has 0 bridgehead atoms. The molecule has 11 heavy (non-hydrogen) atoms. The van der Waals surface area contributed by atoms with Gasteiger partial charge in [0.05, 0.1) is 0 Å². The highest BCUT2D eigenvalue weighted by Crippen LogP contribution is 2.44. The molecule has 1 aliphatic rings. The highest BCUT2D eigenvalue weighted by Gasteiger charge is 2.21. The molecule has 58 valence electrons. The van der Waals surface area contributed by atoms with Crippen molar-refractivity contribution in [3.05, 3.63) is 34.3 Å². The molecule has 2 heteroatoms. The SMILES string of the molecule is Brc1ccccc1C1CCS1. The third-order valence-electron chi connectivity index (χ3n) is 1.95. The van der Waals surface area contributed by atoms with Gasteiger partial charge in [0.2, 0.25) is 0 Å². The van der Waals surface area contributed by atoms with Gasteiger partial charge in [-0.25, -0.2) is 0 Å². The minimum Gasteiger partial charge on any atom is -0.154 e. The van der Waals surface area contributed by atoms with Crippen LogP contribution < -0.4 is 0 Å². The average molecular weight is 229 g/mol. The molecule has 1 aromatic carbocycles. The number of rotatable bonds is 1. The zero-order chi connectivity index (χ0) is 7.68. The maximum absolute atomic E-state index is 3.56. The van der Waals surface area contributed by atoms with E-state index in [4.69, 9.17) is 0 Å². The van der Waals surface area contributed by atoms with E-state index in [1.807, 2.05) is 11.8 Å². The van der Waals surface area contributed by atoms with E-state index >= 15 is 0 Å².